The minimum atomic E-state index is -2.46. The molecule has 1 amide bonds. The van der Waals surface area contributed by atoms with Crippen LogP contribution in [-0.4, -0.2) is 25.9 Å². The molecule has 0 spiro atoms. The SMILES string of the molecule is CC(C)CC(C(=O)NO)N(c1ccc2c(c1)Sc1ccccc1O2)S(=O)O. The van der Waals surface area contributed by atoms with Gasteiger partial charge in [-0.15, -0.1) is 0 Å². The van der Waals surface area contributed by atoms with Gasteiger partial charge in [0.25, 0.3) is 17.2 Å². The summed E-state index contributed by atoms with van der Waals surface area (Å²) >= 11 is -0.974. The van der Waals surface area contributed by atoms with Gasteiger partial charge in [0.1, 0.15) is 17.5 Å². The van der Waals surface area contributed by atoms with Gasteiger partial charge >= 0.3 is 0 Å². The summed E-state index contributed by atoms with van der Waals surface area (Å²) in [6.45, 7) is 3.78. The second-order valence-corrected chi connectivity index (χ2v) is 8.40. The van der Waals surface area contributed by atoms with Crippen molar-refractivity contribution in [2.45, 2.75) is 36.1 Å². The number of carbonyl (C=O) groups excluding carboxylic acids is 1. The van der Waals surface area contributed by atoms with Crippen molar-refractivity contribution in [3.05, 3.63) is 42.5 Å². The number of fused-ring (bicyclic) bond motifs is 2. The number of rotatable bonds is 6. The quantitative estimate of drug-likeness (QED) is 0.326. The first-order chi connectivity index (χ1) is 12.9. The zero-order chi connectivity index (χ0) is 19.6. The summed E-state index contributed by atoms with van der Waals surface area (Å²) in [5, 5.41) is 9.07. The van der Waals surface area contributed by atoms with Crippen LogP contribution < -0.4 is 14.5 Å². The third-order valence-electron chi connectivity index (χ3n) is 4.03. The van der Waals surface area contributed by atoms with E-state index in [1.54, 1.807) is 23.7 Å². The molecule has 144 valence electrons. The molecule has 3 N–H and O–H groups in total. The summed E-state index contributed by atoms with van der Waals surface area (Å²) in [6.07, 6.45) is 0.294. The molecule has 1 aliphatic rings. The summed E-state index contributed by atoms with van der Waals surface area (Å²) in [5.74, 6) is 0.722. The molecular weight excluding hydrogens is 388 g/mol. The maximum Gasteiger partial charge on any atom is 0.267 e. The van der Waals surface area contributed by atoms with Gasteiger partial charge in [-0.2, -0.15) is 0 Å². The summed E-state index contributed by atoms with van der Waals surface area (Å²) in [6, 6.07) is 11.6. The van der Waals surface area contributed by atoms with Crippen molar-refractivity contribution < 1.29 is 23.5 Å². The van der Waals surface area contributed by atoms with Crippen LogP contribution in [0.3, 0.4) is 0 Å². The van der Waals surface area contributed by atoms with E-state index < -0.39 is 23.2 Å². The zero-order valence-electron chi connectivity index (χ0n) is 14.8. The molecule has 9 heteroatoms. The number of hydrogen-bond acceptors (Lipinski definition) is 5. The average molecular weight is 409 g/mol. The molecule has 2 atom stereocenters. The van der Waals surface area contributed by atoms with Crippen molar-refractivity contribution in [2.24, 2.45) is 5.92 Å². The van der Waals surface area contributed by atoms with Crippen LogP contribution in [0, 0.1) is 5.92 Å². The lowest BCUT2D eigenvalue weighted by Gasteiger charge is -2.30. The molecule has 2 aromatic rings. The Morgan fingerprint density at radius 3 is 2.59 bits per heavy atom. The molecule has 0 saturated heterocycles. The molecule has 0 radical (unpaired) electrons. The van der Waals surface area contributed by atoms with Crippen LogP contribution in [0.25, 0.3) is 0 Å². The first-order valence-corrected chi connectivity index (χ1v) is 10.2. The van der Waals surface area contributed by atoms with E-state index in [0.29, 0.717) is 17.9 Å². The Bertz CT molecular complexity index is 875. The van der Waals surface area contributed by atoms with Gasteiger partial charge in [0, 0.05) is 0 Å². The summed E-state index contributed by atoms with van der Waals surface area (Å²) in [4.78, 5) is 13.8. The molecule has 0 saturated carbocycles. The molecule has 3 rings (SSSR count). The van der Waals surface area contributed by atoms with Gasteiger partial charge in [0.15, 0.2) is 0 Å². The van der Waals surface area contributed by atoms with Gasteiger partial charge in [0.2, 0.25) is 0 Å². The Morgan fingerprint density at radius 2 is 1.93 bits per heavy atom. The number of carbonyl (C=O) groups is 1. The monoisotopic (exact) mass is 408 g/mol. The molecule has 0 bridgehead atoms. The standard InChI is InChI=1S/C18H20N2O5S2/c1-11(2)9-13(18(21)19-22)20(27(23)24)12-7-8-15-17(10-12)26-16-6-4-3-5-14(16)25-15/h3-8,10-11,13,22H,9H2,1-2H3,(H,19,21)(H,23,24). The Balaban J connectivity index is 1.98. The molecule has 2 aromatic carbocycles. The Kier molecular flexibility index (Phi) is 6.05. The zero-order valence-corrected chi connectivity index (χ0v) is 16.4. The van der Waals surface area contributed by atoms with Crippen LogP contribution in [0.15, 0.2) is 52.3 Å². The van der Waals surface area contributed by atoms with Crippen molar-refractivity contribution in [1.82, 2.24) is 5.48 Å². The Hall–Kier alpha value is -2.07. The smallest absolute Gasteiger partial charge is 0.267 e. The first-order valence-electron chi connectivity index (χ1n) is 8.33. The molecular formula is C18H20N2O5S2. The van der Waals surface area contributed by atoms with Crippen molar-refractivity contribution in [2.75, 3.05) is 4.31 Å². The average Bonchev–Trinajstić information content (AvgIpc) is 2.64. The molecule has 0 fully saturated rings. The van der Waals surface area contributed by atoms with E-state index in [0.717, 1.165) is 19.8 Å². The summed E-state index contributed by atoms with van der Waals surface area (Å²) in [5.41, 5.74) is 1.98. The largest absolute Gasteiger partial charge is 0.455 e. The fraction of sp³-hybridized carbons (Fsp3) is 0.278. The second-order valence-electron chi connectivity index (χ2n) is 6.46. The highest BCUT2D eigenvalue weighted by atomic mass is 32.2. The third kappa shape index (κ3) is 4.27. The third-order valence-corrected chi connectivity index (χ3v) is 5.93. The molecule has 7 nitrogen and oxygen atoms in total. The summed E-state index contributed by atoms with van der Waals surface area (Å²) in [7, 11) is 0. The lowest BCUT2D eigenvalue weighted by Crippen LogP contribution is -2.47. The number of para-hydroxylation sites is 1. The van der Waals surface area contributed by atoms with E-state index in [1.807, 2.05) is 38.1 Å². The van der Waals surface area contributed by atoms with Gasteiger partial charge in [-0.1, -0.05) is 37.7 Å². The molecule has 27 heavy (non-hydrogen) atoms. The van der Waals surface area contributed by atoms with E-state index in [9.17, 15) is 13.6 Å². The van der Waals surface area contributed by atoms with Gasteiger partial charge in [-0.3, -0.25) is 18.9 Å². The van der Waals surface area contributed by atoms with Crippen LogP contribution in [0.1, 0.15) is 20.3 Å². The molecule has 0 aromatic heterocycles. The summed E-state index contributed by atoms with van der Waals surface area (Å²) < 4.78 is 28.9. The van der Waals surface area contributed by atoms with Crippen LogP contribution in [0.2, 0.25) is 0 Å². The number of benzene rings is 2. The highest BCUT2D eigenvalue weighted by Gasteiger charge is 2.32. The Morgan fingerprint density at radius 1 is 1.22 bits per heavy atom. The predicted molar refractivity (Wildman–Crippen MR) is 104 cm³/mol. The highest BCUT2D eigenvalue weighted by Crippen LogP contribution is 2.48. The van der Waals surface area contributed by atoms with Crippen LogP contribution in [0.4, 0.5) is 5.69 Å². The number of nitrogens with one attached hydrogen (secondary N) is 1. The molecule has 1 aliphatic heterocycles. The number of hydroxylamine groups is 1. The minimum Gasteiger partial charge on any atom is -0.455 e. The van der Waals surface area contributed by atoms with Crippen LogP contribution in [0.5, 0.6) is 11.5 Å². The van der Waals surface area contributed by atoms with Gasteiger partial charge in [-0.05, 0) is 42.7 Å². The van der Waals surface area contributed by atoms with Crippen molar-refractivity contribution in [1.29, 1.82) is 0 Å². The van der Waals surface area contributed by atoms with E-state index >= 15 is 0 Å². The molecule has 1 heterocycles. The van der Waals surface area contributed by atoms with Gasteiger partial charge in [0.05, 0.1) is 15.5 Å². The predicted octanol–water partition coefficient (Wildman–Crippen LogP) is 3.81. The number of ether oxygens (including phenoxy) is 1. The van der Waals surface area contributed by atoms with Gasteiger partial charge in [-0.25, -0.2) is 9.69 Å². The molecule has 0 aliphatic carbocycles. The maximum atomic E-state index is 12.1. The van der Waals surface area contributed by atoms with Crippen molar-refractivity contribution in [3.8, 4) is 11.5 Å². The van der Waals surface area contributed by atoms with Crippen LogP contribution >= 0.6 is 11.8 Å². The first kappa shape index (κ1) is 19.7. The van der Waals surface area contributed by atoms with Crippen molar-refractivity contribution >= 4 is 34.6 Å². The molecule has 2 unspecified atom stereocenters. The lowest BCUT2D eigenvalue weighted by atomic mass is 10.0. The number of hydrogen-bond donors (Lipinski definition) is 3. The van der Waals surface area contributed by atoms with E-state index in [2.05, 4.69) is 0 Å². The fourth-order valence-electron chi connectivity index (χ4n) is 2.86. The lowest BCUT2D eigenvalue weighted by molar-refractivity contribution is -0.130. The fourth-order valence-corrected chi connectivity index (χ4v) is 4.54. The van der Waals surface area contributed by atoms with Crippen LogP contribution in [-0.2, 0) is 16.1 Å². The normalized spacial score (nSPS) is 14.6. The topological polar surface area (TPSA) is 99.1 Å². The Labute approximate surface area is 164 Å². The number of anilines is 1. The van der Waals surface area contributed by atoms with E-state index in [4.69, 9.17) is 9.94 Å². The maximum absolute atomic E-state index is 12.1. The second kappa shape index (κ2) is 8.30. The highest BCUT2D eigenvalue weighted by molar-refractivity contribution is 7.99. The number of amides is 1. The number of nitrogens with zero attached hydrogens (tertiary/aromatic N) is 1. The van der Waals surface area contributed by atoms with E-state index in [1.165, 1.54) is 11.8 Å². The van der Waals surface area contributed by atoms with Gasteiger partial charge < -0.3 is 4.74 Å². The minimum absolute atomic E-state index is 0.0700. The van der Waals surface area contributed by atoms with E-state index in [-0.39, 0.29) is 5.92 Å². The van der Waals surface area contributed by atoms with Crippen molar-refractivity contribution in [3.63, 3.8) is 0 Å².